The second-order valence-electron chi connectivity index (χ2n) is 4.08. The lowest BCUT2D eigenvalue weighted by atomic mass is 10.1. The van der Waals surface area contributed by atoms with Crippen LogP contribution >= 0.6 is 23.5 Å². The van der Waals surface area contributed by atoms with Crippen molar-refractivity contribution < 1.29 is 0 Å². The Balaban J connectivity index is 2.29. The van der Waals surface area contributed by atoms with E-state index in [-0.39, 0.29) is 0 Å². The average Bonchev–Trinajstić information content (AvgIpc) is 2.28. The van der Waals surface area contributed by atoms with E-state index in [9.17, 15) is 0 Å². The van der Waals surface area contributed by atoms with Gasteiger partial charge in [0.25, 0.3) is 0 Å². The van der Waals surface area contributed by atoms with Gasteiger partial charge in [-0.1, -0.05) is 31.9 Å². The highest BCUT2D eigenvalue weighted by Crippen LogP contribution is 2.19. The largest absolute Gasteiger partial charge is 0.260 e. The smallest absolute Gasteiger partial charge is 0.131 e. The van der Waals surface area contributed by atoms with Gasteiger partial charge >= 0.3 is 0 Å². The van der Waals surface area contributed by atoms with Gasteiger partial charge in [0.05, 0.1) is 0 Å². The van der Waals surface area contributed by atoms with Gasteiger partial charge in [-0.05, 0) is 42.8 Å². The van der Waals surface area contributed by atoms with Crippen LogP contribution in [0.5, 0.6) is 0 Å². The van der Waals surface area contributed by atoms with Crippen LogP contribution in [0.25, 0.3) is 0 Å². The van der Waals surface area contributed by atoms with Crippen LogP contribution in [-0.2, 0) is 0 Å². The van der Waals surface area contributed by atoms with Crippen LogP contribution < -0.4 is 4.72 Å². The van der Waals surface area contributed by atoms with E-state index in [1.807, 2.05) is 6.92 Å². The summed E-state index contributed by atoms with van der Waals surface area (Å²) >= 11 is 7.49. The first kappa shape index (κ1) is 13.8. The molecule has 16 heavy (non-hydrogen) atoms. The zero-order chi connectivity index (χ0) is 12.0. The third-order valence-corrected chi connectivity index (χ3v) is 3.82. The molecule has 1 aromatic rings. The lowest BCUT2D eigenvalue weighted by Crippen LogP contribution is -2.09. The van der Waals surface area contributed by atoms with E-state index in [2.05, 4.69) is 29.6 Å². The SMILES string of the molecule is CCC(C)CCNSc1cnc(Cl)c(C)c1. The first-order chi connectivity index (χ1) is 7.63. The van der Waals surface area contributed by atoms with Gasteiger partial charge in [0, 0.05) is 17.6 Å². The van der Waals surface area contributed by atoms with E-state index in [4.69, 9.17) is 11.6 Å². The van der Waals surface area contributed by atoms with Crippen LogP contribution in [0.1, 0.15) is 32.3 Å². The lowest BCUT2D eigenvalue weighted by molar-refractivity contribution is 0.517. The van der Waals surface area contributed by atoms with E-state index < -0.39 is 0 Å². The molecule has 0 amide bonds. The Hall–Kier alpha value is -0.250. The van der Waals surface area contributed by atoms with Crippen LogP contribution in [0.4, 0.5) is 0 Å². The molecule has 0 spiro atoms. The maximum absolute atomic E-state index is 5.86. The van der Waals surface area contributed by atoms with Crippen molar-refractivity contribution in [3.05, 3.63) is 23.0 Å². The topological polar surface area (TPSA) is 24.9 Å². The summed E-state index contributed by atoms with van der Waals surface area (Å²) in [7, 11) is 0. The van der Waals surface area contributed by atoms with Crippen molar-refractivity contribution in [3.8, 4) is 0 Å². The second-order valence-corrected chi connectivity index (χ2v) is 5.40. The molecule has 4 heteroatoms. The molecule has 1 heterocycles. The highest BCUT2D eigenvalue weighted by atomic mass is 35.5. The summed E-state index contributed by atoms with van der Waals surface area (Å²) in [5, 5.41) is 0.587. The summed E-state index contributed by atoms with van der Waals surface area (Å²) < 4.78 is 3.35. The molecule has 1 atom stereocenters. The van der Waals surface area contributed by atoms with Crippen molar-refractivity contribution in [3.63, 3.8) is 0 Å². The first-order valence-electron chi connectivity index (χ1n) is 5.65. The summed E-state index contributed by atoms with van der Waals surface area (Å²) in [6.45, 7) is 7.50. The summed E-state index contributed by atoms with van der Waals surface area (Å²) in [4.78, 5) is 5.23. The summed E-state index contributed by atoms with van der Waals surface area (Å²) in [5.74, 6) is 0.790. The van der Waals surface area contributed by atoms with E-state index in [0.717, 1.165) is 22.9 Å². The molecule has 0 fully saturated rings. The Kier molecular flexibility index (Phi) is 6.17. The van der Waals surface area contributed by atoms with Gasteiger partial charge in [-0.3, -0.25) is 4.72 Å². The number of nitrogens with zero attached hydrogens (tertiary/aromatic N) is 1. The molecule has 0 aliphatic heterocycles. The number of nitrogens with one attached hydrogen (secondary N) is 1. The van der Waals surface area contributed by atoms with E-state index in [1.165, 1.54) is 12.8 Å². The van der Waals surface area contributed by atoms with E-state index in [0.29, 0.717) is 5.15 Å². The second kappa shape index (κ2) is 7.15. The maximum Gasteiger partial charge on any atom is 0.131 e. The first-order valence-corrected chi connectivity index (χ1v) is 6.84. The quantitative estimate of drug-likeness (QED) is 0.473. The molecule has 0 radical (unpaired) electrons. The molecule has 1 aromatic heterocycles. The summed E-state index contributed by atoms with van der Waals surface area (Å²) in [6.07, 6.45) is 4.26. The van der Waals surface area contributed by atoms with Crippen LogP contribution in [0, 0.1) is 12.8 Å². The van der Waals surface area contributed by atoms with Gasteiger partial charge in [0.2, 0.25) is 0 Å². The molecular weight excluding hydrogens is 240 g/mol. The van der Waals surface area contributed by atoms with Gasteiger partial charge in [-0.15, -0.1) is 0 Å². The fourth-order valence-electron chi connectivity index (χ4n) is 1.23. The Morgan fingerprint density at radius 1 is 1.56 bits per heavy atom. The van der Waals surface area contributed by atoms with Crippen molar-refractivity contribution >= 4 is 23.5 Å². The minimum Gasteiger partial charge on any atom is -0.260 e. The highest BCUT2D eigenvalue weighted by Gasteiger charge is 2.01. The van der Waals surface area contributed by atoms with Crippen LogP contribution in [0.2, 0.25) is 5.15 Å². The minimum atomic E-state index is 0.587. The Morgan fingerprint density at radius 2 is 2.31 bits per heavy atom. The van der Waals surface area contributed by atoms with Gasteiger partial charge in [-0.2, -0.15) is 0 Å². The molecule has 90 valence electrons. The Bertz CT molecular complexity index is 331. The lowest BCUT2D eigenvalue weighted by Gasteiger charge is -2.09. The van der Waals surface area contributed by atoms with Crippen molar-refractivity contribution in [1.29, 1.82) is 0 Å². The number of hydrogen-bond donors (Lipinski definition) is 1. The van der Waals surface area contributed by atoms with E-state index >= 15 is 0 Å². The minimum absolute atomic E-state index is 0.587. The van der Waals surface area contributed by atoms with Crippen LogP contribution in [0.3, 0.4) is 0 Å². The number of aryl methyl sites for hydroxylation is 1. The van der Waals surface area contributed by atoms with Crippen molar-refractivity contribution in [2.24, 2.45) is 5.92 Å². The number of halogens is 1. The summed E-state index contributed by atoms with van der Waals surface area (Å²) in [6, 6.07) is 2.05. The van der Waals surface area contributed by atoms with Gasteiger partial charge in [0.15, 0.2) is 0 Å². The molecule has 0 bridgehead atoms. The molecule has 1 N–H and O–H groups in total. The number of rotatable bonds is 6. The molecule has 0 saturated carbocycles. The molecule has 0 aromatic carbocycles. The zero-order valence-corrected chi connectivity index (χ0v) is 11.7. The highest BCUT2D eigenvalue weighted by molar-refractivity contribution is 7.97. The van der Waals surface area contributed by atoms with Crippen molar-refractivity contribution in [2.45, 2.75) is 38.5 Å². The van der Waals surface area contributed by atoms with Gasteiger partial charge in [0.1, 0.15) is 5.15 Å². The van der Waals surface area contributed by atoms with Crippen molar-refractivity contribution in [2.75, 3.05) is 6.54 Å². The third-order valence-electron chi connectivity index (χ3n) is 2.62. The standard InChI is InChI=1S/C12H19ClN2S/c1-4-9(2)5-6-15-16-11-7-10(3)12(13)14-8-11/h7-9,15H,4-6H2,1-3H3. The van der Waals surface area contributed by atoms with Crippen molar-refractivity contribution in [1.82, 2.24) is 9.71 Å². The monoisotopic (exact) mass is 258 g/mol. The van der Waals surface area contributed by atoms with Crippen LogP contribution in [0.15, 0.2) is 17.2 Å². The van der Waals surface area contributed by atoms with E-state index in [1.54, 1.807) is 18.1 Å². The van der Waals surface area contributed by atoms with Gasteiger partial charge in [-0.25, -0.2) is 4.98 Å². The average molecular weight is 259 g/mol. The number of aromatic nitrogens is 1. The zero-order valence-electron chi connectivity index (χ0n) is 10.1. The number of hydrogen-bond acceptors (Lipinski definition) is 3. The Labute approximate surface area is 107 Å². The Morgan fingerprint density at radius 3 is 2.94 bits per heavy atom. The molecule has 0 aliphatic rings. The maximum atomic E-state index is 5.86. The molecule has 2 nitrogen and oxygen atoms in total. The summed E-state index contributed by atoms with van der Waals surface area (Å²) in [5.41, 5.74) is 1.02. The third kappa shape index (κ3) is 4.73. The van der Waals surface area contributed by atoms with Crippen LogP contribution in [-0.4, -0.2) is 11.5 Å². The normalized spacial score (nSPS) is 12.8. The molecule has 0 aliphatic carbocycles. The fourth-order valence-corrected chi connectivity index (χ4v) is 2.06. The van der Waals surface area contributed by atoms with Gasteiger partial charge < -0.3 is 0 Å². The molecular formula is C12H19ClN2S. The molecule has 1 rings (SSSR count). The predicted molar refractivity (Wildman–Crippen MR) is 71.9 cm³/mol. The number of pyridine rings is 1. The molecule has 1 unspecified atom stereocenters. The fraction of sp³-hybridized carbons (Fsp3) is 0.583. The predicted octanol–water partition coefficient (Wildman–Crippen LogP) is 4.08. The molecule has 0 saturated heterocycles.